The Kier molecular flexibility index (Phi) is 8.42. The molecule has 1 atom stereocenters. The predicted molar refractivity (Wildman–Crippen MR) is 72.6 cm³/mol. The molecule has 0 saturated heterocycles. The first-order chi connectivity index (χ1) is 8.39. The molecule has 0 aliphatic rings. The highest BCUT2D eigenvalue weighted by Crippen LogP contribution is 2.10. The van der Waals surface area contributed by atoms with Crippen LogP contribution in [-0.2, 0) is 9.53 Å². The van der Waals surface area contributed by atoms with Crippen LogP contribution in [-0.4, -0.2) is 24.0 Å². The van der Waals surface area contributed by atoms with Crippen molar-refractivity contribution in [1.29, 1.82) is 0 Å². The Hall–Kier alpha value is -1.06. The molecule has 1 amide bonds. The highest BCUT2D eigenvalue weighted by molar-refractivity contribution is 5.68. The normalized spacial score (nSPS) is 12.9. The maximum absolute atomic E-state index is 11.6. The number of unbranched alkanes of at least 4 members (excludes halogenated alkanes) is 3. The average molecular weight is 257 g/mol. The van der Waals surface area contributed by atoms with Crippen LogP contribution < -0.4 is 5.32 Å². The van der Waals surface area contributed by atoms with E-state index in [4.69, 9.17) is 4.74 Å². The summed E-state index contributed by atoms with van der Waals surface area (Å²) in [6.07, 6.45) is 6.14. The fraction of sp³-hybridized carbons (Fsp3) is 0.857. The third kappa shape index (κ3) is 10.1. The number of aldehydes is 1. The molecule has 0 fully saturated rings. The van der Waals surface area contributed by atoms with Gasteiger partial charge in [-0.3, -0.25) is 0 Å². The predicted octanol–water partition coefficient (Wildman–Crippen LogP) is 3.44. The summed E-state index contributed by atoms with van der Waals surface area (Å²) >= 11 is 0. The summed E-state index contributed by atoms with van der Waals surface area (Å²) in [5.74, 6) is 0. The number of hydrogen-bond acceptors (Lipinski definition) is 3. The molecule has 18 heavy (non-hydrogen) atoms. The average Bonchev–Trinajstić information content (AvgIpc) is 2.21. The van der Waals surface area contributed by atoms with E-state index in [0.717, 1.165) is 25.5 Å². The zero-order valence-corrected chi connectivity index (χ0v) is 12.1. The smallest absolute Gasteiger partial charge is 0.407 e. The summed E-state index contributed by atoms with van der Waals surface area (Å²) in [6.45, 7) is 7.62. The molecule has 0 aliphatic heterocycles. The second kappa shape index (κ2) is 8.95. The molecule has 4 nitrogen and oxygen atoms in total. The fourth-order valence-corrected chi connectivity index (χ4v) is 1.66. The Labute approximate surface area is 110 Å². The molecule has 0 spiro atoms. The standard InChI is InChI=1S/C14H27NO3/c1-5-6-7-8-9-12(10-11-16)15-13(17)18-14(2,3)4/h11-12H,5-10H2,1-4H3,(H,15,17)/t12-/m0/s1. The summed E-state index contributed by atoms with van der Waals surface area (Å²) in [5, 5.41) is 2.76. The van der Waals surface area contributed by atoms with Crippen LogP contribution in [0.2, 0.25) is 0 Å². The minimum absolute atomic E-state index is 0.103. The van der Waals surface area contributed by atoms with Crippen LogP contribution >= 0.6 is 0 Å². The number of amides is 1. The lowest BCUT2D eigenvalue weighted by atomic mass is 10.1. The topological polar surface area (TPSA) is 55.4 Å². The molecule has 0 aromatic rings. The Morgan fingerprint density at radius 1 is 1.28 bits per heavy atom. The lowest BCUT2D eigenvalue weighted by Gasteiger charge is -2.22. The first-order valence-electron chi connectivity index (χ1n) is 6.82. The molecule has 0 radical (unpaired) electrons. The lowest BCUT2D eigenvalue weighted by Crippen LogP contribution is -2.39. The number of rotatable bonds is 8. The van der Waals surface area contributed by atoms with Gasteiger partial charge in [0, 0.05) is 12.5 Å². The second-order valence-electron chi connectivity index (χ2n) is 5.59. The van der Waals surface area contributed by atoms with Gasteiger partial charge in [-0.25, -0.2) is 4.79 Å². The Morgan fingerprint density at radius 2 is 1.94 bits per heavy atom. The number of carbonyl (C=O) groups excluding carboxylic acids is 2. The van der Waals surface area contributed by atoms with E-state index >= 15 is 0 Å². The summed E-state index contributed by atoms with van der Waals surface area (Å²) in [5.41, 5.74) is -0.502. The van der Waals surface area contributed by atoms with Crippen molar-refractivity contribution in [3.05, 3.63) is 0 Å². The van der Waals surface area contributed by atoms with Gasteiger partial charge in [0.25, 0.3) is 0 Å². The van der Waals surface area contributed by atoms with E-state index in [0.29, 0.717) is 6.42 Å². The SMILES string of the molecule is CCCCCC[C@@H](CC=O)NC(=O)OC(C)(C)C. The van der Waals surface area contributed by atoms with Crippen LogP contribution in [0.3, 0.4) is 0 Å². The molecule has 1 N–H and O–H groups in total. The molecule has 0 unspecified atom stereocenters. The lowest BCUT2D eigenvalue weighted by molar-refractivity contribution is -0.108. The fourth-order valence-electron chi connectivity index (χ4n) is 1.66. The molecule has 0 rings (SSSR count). The van der Waals surface area contributed by atoms with E-state index in [9.17, 15) is 9.59 Å². The van der Waals surface area contributed by atoms with Gasteiger partial charge >= 0.3 is 6.09 Å². The summed E-state index contributed by atoms with van der Waals surface area (Å²) in [7, 11) is 0. The molecule has 0 heterocycles. The number of carbonyl (C=O) groups is 2. The van der Waals surface area contributed by atoms with E-state index in [2.05, 4.69) is 12.2 Å². The van der Waals surface area contributed by atoms with E-state index in [-0.39, 0.29) is 6.04 Å². The zero-order valence-electron chi connectivity index (χ0n) is 12.1. The molecule has 106 valence electrons. The number of ether oxygens (including phenoxy) is 1. The number of nitrogens with one attached hydrogen (secondary N) is 1. The number of alkyl carbamates (subject to hydrolysis) is 1. The van der Waals surface area contributed by atoms with E-state index in [1.165, 1.54) is 12.8 Å². The van der Waals surface area contributed by atoms with Crippen LogP contribution in [0, 0.1) is 0 Å². The third-order valence-corrected chi connectivity index (χ3v) is 2.51. The van der Waals surface area contributed by atoms with Crippen LogP contribution in [0.25, 0.3) is 0 Å². The first kappa shape index (κ1) is 16.9. The van der Waals surface area contributed by atoms with Crippen LogP contribution in [0.4, 0.5) is 4.79 Å². The van der Waals surface area contributed by atoms with Crippen molar-refractivity contribution >= 4 is 12.4 Å². The summed E-state index contributed by atoms with van der Waals surface area (Å²) in [4.78, 5) is 22.2. The van der Waals surface area contributed by atoms with Crippen molar-refractivity contribution in [1.82, 2.24) is 5.32 Å². The van der Waals surface area contributed by atoms with Gasteiger partial charge in [0.1, 0.15) is 11.9 Å². The van der Waals surface area contributed by atoms with Gasteiger partial charge in [-0.05, 0) is 27.2 Å². The van der Waals surface area contributed by atoms with Gasteiger partial charge in [0.15, 0.2) is 0 Å². The van der Waals surface area contributed by atoms with Gasteiger partial charge in [-0.15, -0.1) is 0 Å². The molecule has 4 heteroatoms. The third-order valence-electron chi connectivity index (χ3n) is 2.51. The molecular weight excluding hydrogens is 230 g/mol. The first-order valence-corrected chi connectivity index (χ1v) is 6.82. The van der Waals surface area contributed by atoms with Crippen molar-refractivity contribution in [3.8, 4) is 0 Å². The summed E-state index contributed by atoms with van der Waals surface area (Å²) in [6, 6.07) is -0.103. The van der Waals surface area contributed by atoms with Crippen molar-refractivity contribution in [2.45, 2.75) is 77.9 Å². The Balaban J connectivity index is 4.01. The van der Waals surface area contributed by atoms with Gasteiger partial charge in [-0.1, -0.05) is 32.6 Å². The molecule has 0 bridgehead atoms. The van der Waals surface area contributed by atoms with Gasteiger partial charge in [0.05, 0.1) is 0 Å². The largest absolute Gasteiger partial charge is 0.444 e. The molecule has 0 aromatic carbocycles. The molecule has 0 aliphatic carbocycles. The molecule has 0 aromatic heterocycles. The van der Waals surface area contributed by atoms with Gasteiger partial charge < -0.3 is 14.8 Å². The van der Waals surface area contributed by atoms with Crippen molar-refractivity contribution in [2.75, 3.05) is 0 Å². The van der Waals surface area contributed by atoms with Gasteiger partial charge in [0.2, 0.25) is 0 Å². The van der Waals surface area contributed by atoms with E-state index < -0.39 is 11.7 Å². The second-order valence-corrected chi connectivity index (χ2v) is 5.59. The highest BCUT2D eigenvalue weighted by atomic mass is 16.6. The highest BCUT2D eigenvalue weighted by Gasteiger charge is 2.19. The van der Waals surface area contributed by atoms with Crippen molar-refractivity contribution < 1.29 is 14.3 Å². The van der Waals surface area contributed by atoms with Crippen LogP contribution in [0.5, 0.6) is 0 Å². The minimum Gasteiger partial charge on any atom is -0.444 e. The maximum atomic E-state index is 11.6. The molecular formula is C14H27NO3. The van der Waals surface area contributed by atoms with Crippen molar-refractivity contribution in [3.63, 3.8) is 0 Å². The van der Waals surface area contributed by atoms with Crippen molar-refractivity contribution in [2.24, 2.45) is 0 Å². The zero-order chi connectivity index (χ0) is 14.0. The minimum atomic E-state index is -0.502. The maximum Gasteiger partial charge on any atom is 0.407 e. The van der Waals surface area contributed by atoms with Gasteiger partial charge in [-0.2, -0.15) is 0 Å². The number of hydrogen-bond donors (Lipinski definition) is 1. The van der Waals surface area contributed by atoms with E-state index in [1.807, 2.05) is 20.8 Å². The van der Waals surface area contributed by atoms with Crippen LogP contribution in [0.1, 0.15) is 66.2 Å². The molecule has 0 saturated carbocycles. The Bertz CT molecular complexity index is 246. The van der Waals surface area contributed by atoms with E-state index in [1.54, 1.807) is 0 Å². The van der Waals surface area contributed by atoms with Crippen LogP contribution in [0.15, 0.2) is 0 Å². The quantitative estimate of drug-likeness (QED) is 0.535. The summed E-state index contributed by atoms with van der Waals surface area (Å²) < 4.78 is 5.18. The Morgan fingerprint density at radius 3 is 2.44 bits per heavy atom. The monoisotopic (exact) mass is 257 g/mol.